The van der Waals surface area contributed by atoms with Gasteiger partial charge in [-0.05, 0) is 65.6 Å². The molecule has 0 saturated heterocycles. The summed E-state index contributed by atoms with van der Waals surface area (Å²) in [5.41, 5.74) is 0. The van der Waals surface area contributed by atoms with E-state index < -0.39 is 39.1 Å². The highest BCUT2D eigenvalue weighted by atomic mass is 31.2. The van der Waals surface area contributed by atoms with Gasteiger partial charge in [-0.1, -0.05) is 64.7 Å². The highest BCUT2D eigenvalue weighted by Gasteiger charge is 2.22. The second kappa shape index (κ2) is 23.8. The number of phosphoric acid groups is 1. The average Bonchev–Trinajstić information content (AvgIpc) is 2.87. The highest BCUT2D eigenvalue weighted by Crippen LogP contribution is 2.35. The fourth-order valence-corrected chi connectivity index (χ4v) is 3.20. The Bertz CT molecular complexity index is 1130. The topological polar surface area (TPSA) is 119 Å². The fraction of sp³-hybridized carbons (Fsp3) is 0.517. The number of rotatable bonds is 17. The molecule has 2 N–H and O–H groups in total. The van der Waals surface area contributed by atoms with Crippen molar-refractivity contribution >= 4 is 19.8 Å². The Morgan fingerprint density at radius 1 is 0.763 bits per heavy atom. The van der Waals surface area contributed by atoms with Crippen molar-refractivity contribution in [3.63, 3.8) is 0 Å². The van der Waals surface area contributed by atoms with E-state index in [9.17, 15) is 14.2 Å². The van der Waals surface area contributed by atoms with Crippen LogP contribution < -0.4 is 0 Å². The lowest BCUT2D eigenvalue weighted by Crippen LogP contribution is -2.29. The minimum absolute atomic E-state index is 0.133. The van der Waals surface area contributed by atoms with Gasteiger partial charge in [-0.2, -0.15) is 0 Å². The smallest absolute Gasteiger partial charge is 0.456 e. The number of carbonyl (C=O) groups is 2. The van der Waals surface area contributed by atoms with Gasteiger partial charge in [0, 0.05) is 12.3 Å². The molecule has 0 fully saturated rings. The van der Waals surface area contributed by atoms with E-state index >= 15 is 0 Å². The molecule has 0 aromatic heterocycles. The number of carbonyl (C=O) groups excluding carboxylic acids is 2. The maximum absolute atomic E-state index is 12.1. The monoisotopic (exact) mass is 540 g/mol. The van der Waals surface area contributed by atoms with E-state index in [0.29, 0.717) is 6.42 Å². The normalized spacial score (nSPS) is 10.1. The molecule has 0 rings (SSSR count). The van der Waals surface area contributed by atoms with Gasteiger partial charge in [0.1, 0.15) is 6.61 Å². The lowest BCUT2D eigenvalue weighted by Gasteiger charge is -2.17. The molecule has 0 aliphatic rings. The maximum Gasteiger partial charge on any atom is 0.469 e. The van der Waals surface area contributed by atoms with Crippen molar-refractivity contribution < 1.29 is 37.9 Å². The van der Waals surface area contributed by atoms with E-state index in [4.69, 9.17) is 25.7 Å². The minimum atomic E-state index is -4.81. The lowest BCUT2D eigenvalue weighted by molar-refractivity contribution is -0.158. The van der Waals surface area contributed by atoms with Gasteiger partial charge in [0.2, 0.25) is 0 Å². The van der Waals surface area contributed by atoms with E-state index in [2.05, 4.69) is 76.6 Å². The van der Waals surface area contributed by atoms with Crippen molar-refractivity contribution in [2.24, 2.45) is 0 Å². The molecule has 9 heteroatoms. The Balaban J connectivity index is 4.49. The molecule has 0 radical (unpaired) electrons. The van der Waals surface area contributed by atoms with Crippen LogP contribution in [0.2, 0.25) is 0 Å². The zero-order valence-corrected chi connectivity index (χ0v) is 22.5. The van der Waals surface area contributed by atoms with Gasteiger partial charge in [0.05, 0.1) is 6.61 Å². The van der Waals surface area contributed by atoms with Gasteiger partial charge < -0.3 is 19.3 Å². The van der Waals surface area contributed by atoms with Gasteiger partial charge in [-0.25, -0.2) is 9.36 Å². The standard InChI is InChI=1S/C29H33O8P/c1-3-5-7-9-11-13-15-17-19-21-23-28(30)35-25-27(26-36-38(32,33)34)37-29(31)24-22-20-18-16-14-12-10-8-6-4-2/h1,27H,4,6,8,10,12,14,16,18,20,22,24-26H2,2H3,(H2,32,33,34)/t27-/m0/s1. The third-order valence-electron chi connectivity index (χ3n) is 4.60. The summed E-state index contributed by atoms with van der Waals surface area (Å²) in [4.78, 5) is 41.7. The first-order valence-electron chi connectivity index (χ1n) is 12.3. The van der Waals surface area contributed by atoms with Crippen molar-refractivity contribution in [1.82, 2.24) is 0 Å². The number of terminal acetylenes is 1. The van der Waals surface area contributed by atoms with Gasteiger partial charge in [-0.3, -0.25) is 9.32 Å². The Kier molecular flexibility index (Phi) is 21.5. The van der Waals surface area contributed by atoms with Crippen LogP contribution in [0.25, 0.3) is 0 Å². The van der Waals surface area contributed by atoms with Crippen molar-refractivity contribution in [2.75, 3.05) is 13.2 Å². The van der Waals surface area contributed by atoms with Crippen molar-refractivity contribution in [1.29, 1.82) is 0 Å². The Hall–Kier alpha value is -3.59. The molecule has 1 atom stereocenters. The largest absolute Gasteiger partial charge is 0.469 e. The number of unbranched alkanes of at least 4 members (excludes halogenated alkanes) is 9. The minimum Gasteiger partial charge on any atom is -0.456 e. The number of hydrogen-bond donors (Lipinski definition) is 2. The van der Waals surface area contributed by atoms with Crippen molar-refractivity contribution in [2.45, 2.75) is 83.7 Å². The molecule has 0 saturated carbocycles. The first-order chi connectivity index (χ1) is 18.3. The van der Waals surface area contributed by atoms with Crippen LogP contribution in [0.4, 0.5) is 0 Å². The van der Waals surface area contributed by atoms with Gasteiger partial charge in [-0.15, -0.1) is 6.42 Å². The first-order valence-corrected chi connectivity index (χ1v) is 13.8. The van der Waals surface area contributed by atoms with Gasteiger partial charge >= 0.3 is 19.8 Å². The second-order valence-electron chi connectivity index (χ2n) is 7.82. The van der Waals surface area contributed by atoms with Crippen molar-refractivity contribution in [3.8, 4) is 71.5 Å². The SMILES string of the molecule is C#CC#CC#CC#CC#CC#CC(=O)OC[C@@H](COP(=O)(O)O)OC(=O)CCCCCCCCCCCC. The Morgan fingerprint density at radius 2 is 1.26 bits per heavy atom. The van der Waals surface area contributed by atoms with E-state index in [0.717, 1.165) is 19.3 Å². The summed E-state index contributed by atoms with van der Waals surface area (Å²) in [5, 5.41) is 0. The molecule has 0 aromatic rings. The fourth-order valence-electron chi connectivity index (χ4n) is 2.84. The number of esters is 2. The molecule has 0 unspecified atom stereocenters. The highest BCUT2D eigenvalue weighted by molar-refractivity contribution is 7.46. The molecule has 0 aromatic carbocycles. The summed E-state index contributed by atoms with van der Waals surface area (Å²) in [5.74, 6) is 23.7. The first kappa shape index (κ1) is 34.4. The molecule has 8 nitrogen and oxygen atoms in total. The quantitative estimate of drug-likeness (QED) is 0.0946. The molecule has 0 aliphatic carbocycles. The van der Waals surface area contributed by atoms with Crippen LogP contribution in [-0.2, 0) is 28.2 Å². The van der Waals surface area contributed by atoms with Crippen molar-refractivity contribution in [3.05, 3.63) is 0 Å². The number of phosphoric ester groups is 1. The maximum atomic E-state index is 12.1. The van der Waals surface area contributed by atoms with Crippen LogP contribution in [0.5, 0.6) is 0 Å². The zero-order valence-electron chi connectivity index (χ0n) is 21.6. The second-order valence-corrected chi connectivity index (χ2v) is 9.06. The third kappa shape index (κ3) is 25.5. The van der Waals surface area contributed by atoms with E-state index in [-0.39, 0.29) is 6.42 Å². The third-order valence-corrected chi connectivity index (χ3v) is 5.08. The summed E-state index contributed by atoms with van der Waals surface area (Å²) >= 11 is 0. The molecule has 0 amide bonds. The summed E-state index contributed by atoms with van der Waals surface area (Å²) in [6.45, 7) is 1.03. The average molecular weight is 541 g/mol. The predicted octanol–water partition coefficient (Wildman–Crippen LogP) is 3.51. The van der Waals surface area contributed by atoms with Crippen LogP contribution in [-0.4, -0.2) is 41.0 Å². The van der Waals surface area contributed by atoms with Crippen LogP contribution in [0.15, 0.2) is 0 Å². The van der Waals surface area contributed by atoms with Crippen LogP contribution in [0, 0.1) is 71.5 Å². The summed E-state index contributed by atoms with van der Waals surface area (Å²) in [6, 6.07) is 0. The molecule has 0 aliphatic heterocycles. The van der Waals surface area contributed by atoms with Crippen LogP contribution >= 0.6 is 7.82 Å². The molecule has 0 spiro atoms. The molecule has 0 heterocycles. The van der Waals surface area contributed by atoms with E-state index in [1.165, 1.54) is 38.5 Å². The Morgan fingerprint density at radius 3 is 1.79 bits per heavy atom. The zero-order chi connectivity index (χ0) is 28.3. The van der Waals surface area contributed by atoms with Crippen LogP contribution in [0.1, 0.15) is 77.6 Å². The molecule has 0 bridgehead atoms. The summed E-state index contributed by atoms with van der Waals surface area (Å²) < 4.78 is 25.4. The predicted molar refractivity (Wildman–Crippen MR) is 143 cm³/mol. The van der Waals surface area contributed by atoms with Gasteiger partial charge in [0.25, 0.3) is 0 Å². The molecule has 38 heavy (non-hydrogen) atoms. The Labute approximate surface area is 226 Å². The number of hydrogen-bond acceptors (Lipinski definition) is 6. The van der Waals surface area contributed by atoms with Crippen LogP contribution in [0.3, 0.4) is 0 Å². The van der Waals surface area contributed by atoms with E-state index in [1.54, 1.807) is 0 Å². The molecular weight excluding hydrogens is 507 g/mol. The summed E-state index contributed by atoms with van der Waals surface area (Å²) in [6.07, 6.45) is 14.9. The molecule has 202 valence electrons. The van der Waals surface area contributed by atoms with Gasteiger partial charge in [0.15, 0.2) is 6.10 Å². The lowest BCUT2D eigenvalue weighted by atomic mass is 10.1. The van der Waals surface area contributed by atoms with E-state index in [1.807, 2.05) is 0 Å². The molecular formula is C29H33O8P. The number of ether oxygens (including phenoxy) is 2. The summed E-state index contributed by atoms with van der Waals surface area (Å²) in [7, 11) is -4.81.